The third-order valence-electron chi connectivity index (χ3n) is 2.38. The summed E-state index contributed by atoms with van der Waals surface area (Å²) in [7, 11) is 0. The summed E-state index contributed by atoms with van der Waals surface area (Å²) in [5, 5.41) is 0.547. The van der Waals surface area contributed by atoms with E-state index in [4.69, 9.17) is 16.3 Å². The quantitative estimate of drug-likeness (QED) is 0.679. The molecule has 1 unspecified atom stereocenters. The summed E-state index contributed by atoms with van der Waals surface area (Å²) in [4.78, 5) is 13.1. The second-order valence-corrected chi connectivity index (χ2v) is 4.05. The molecule has 0 radical (unpaired) electrons. The normalized spacial score (nSPS) is 19.4. The number of anilines is 1. The van der Waals surface area contributed by atoms with Crippen LogP contribution in [0.2, 0.25) is 5.02 Å². The van der Waals surface area contributed by atoms with Crippen molar-refractivity contribution < 1.29 is 9.53 Å². The highest BCUT2D eigenvalue weighted by atomic mass is 35.5. The van der Waals surface area contributed by atoms with E-state index in [0.717, 1.165) is 5.69 Å². The molecule has 0 aliphatic carbocycles. The molecule has 1 aromatic carbocycles. The second kappa shape index (κ2) is 3.74. The molecule has 0 bridgehead atoms. The Balaban J connectivity index is 2.51. The van der Waals surface area contributed by atoms with Gasteiger partial charge >= 0.3 is 0 Å². The molecule has 3 nitrogen and oxygen atoms in total. The van der Waals surface area contributed by atoms with Crippen molar-refractivity contribution in [1.82, 2.24) is 0 Å². The van der Waals surface area contributed by atoms with Crippen LogP contribution in [0.3, 0.4) is 0 Å². The van der Waals surface area contributed by atoms with Gasteiger partial charge < -0.3 is 9.64 Å². The van der Waals surface area contributed by atoms with E-state index in [2.05, 4.69) is 0 Å². The summed E-state index contributed by atoms with van der Waals surface area (Å²) in [5.41, 5.74) is 0.758. The van der Waals surface area contributed by atoms with Gasteiger partial charge in [0.1, 0.15) is 6.10 Å². The average molecular weight is 226 g/mol. The number of benzene rings is 1. The number of carbonyl (C=O) groups excluding carboxylic acids is 1. The van der Waals surface area contributed by atoms with Crippen LogP contribution in [0.4, 0.5) is 5.69 Å². The Morgan fingerprint density at radius 1 is 1.60 bits per heavy atom. The lowest BCUT2D eigenvalue weighted by molar-refractivity contribution is -0.117. The van der Waals surface area contributed by atoms with Crippen molar-refractivity contribution in [3.63, 3.8) is 0 Å². The highest BCUT2D eigenvalue weighted by molar-refractivity contribution is 6.32. The standard InChI is InChI=1S/C11H12ClNO2/c1-7-6-13(8(2)14)10-5-3-4-9(12)11(10)15-7/h3-5,7H,6H2,1-2H3. The van der Waals surface area contributed by atoms with E-state index < -0.39 is 0 Å². The van der Waals surface area contributed by atoms with E-state index in [9.17, 15) is 4.79 Å². The fraction of sp³-hybridized carbons (Fsp3) is 0.364. The van der Waals surface area contributed by atoms with Crippen LogP contribution in [-0.2, 0) is 4.79 Å². The van der Waals surface area contributed by atoms with Crippen molar-refractivity contribution in [1.29, 1.82) is 0 Å². The Kier molecular flexibility index (Phi) is 2.57. The van der Waals surface area contributed by atoms with Gasteiger partial charge in [0.05, 0.1) is 17.3 Å². The fourth-order valence-corrected chi connectivity index (χ4v) is 1.93. The van der Waals surface area contributed by atoms with Crippen molar-refractivity contribution in [2.24, 2.45) is 0 Å². The Morgan fingerprint density at radius 2 is 2.33 bits per heavy atom. The van der Waals surface area contributed by atoms with E-state index in [1.54, 1.807) is 17.9 Å². The molecule has 1 aliphatic rings. The maximum atomic E-state index is 11.4. The van der Waals surface area contributed by atoms with Gasteiger partial charge in [0.25, 0.3) is 0 Å². The molecule has 0 N–H and O–H groups in total. The number of carbonyl (C=O) groups is 1. The van der Waals surface area contributed by atoms with E-state index >= 15 is 0 Å². The predicted molar refractivity (Wildman–Crippen MR) is 59.6 cm³/mol. The van der Waals surface area contributed by atoms with Crippen molar-refractivity contribution in [2.75, 3.05) is 11.4 Å². The molecule has 1 aliphatic heterocycles. The molecule has 2 rings (SSSR count). The molecule has 4 heteroatoms. The Labute approximate surface area is 93.6 Å². The van der Waals surface area contributed by atoms with Crippen LogP contribution in [0.1, 0.15) is 13.8 Å². The summed E-state index contributed by atoms with van der Waals surface area (Å²) >= 11 is 6.01. The Morgan fingerprint density at radius 3 is 3.00 bits per heavy atom. The minimum atomic E-state index is -0.0266. The largest absolute Gasteiger partial charge is 0.485 e. The van der Waals surface area contributed by atoms with Crippen molar-refractivity contribution in [3.8, 4) is 5.75 Å². The van der Waals surface area contributed by atoms with Gasteiger partial charge in [-0.2, -0.15) is 0 Å². The van der Waals surface area contributed by atoms with Crippen molar-refractivity contribution in [2.45, 2.75) is 20.0 Å². The van der Waals surface area contributed by atoms with E-state index in [0.29, 0.717) is 17.3 Å². The Hall–Kier alpha value is -1.22. The zero-order valence-electron chi connectivity index (χ0n) is 8.66. The number of nitrogens with zero attached hydrogens (tertiary/aromatic N) is 1. The third kappa shape index (κ3) is 1.79. The molecule has 1 aromatic rings. The molecule has 0 saturated heterocycles. The molecule has 0 fully saturated rings. The van der Waals surface area contributed by atoms with Crippen molar-refractivity contribution >= 4 is 23.2 Å². The van der Waals surface area contributed by atoms with Gasteiger partial charge in [-0.15, -0.1) is 0 Å². The molecule has 0 spiro atoms. The number of hydrogen-bond donors (Lipinski definition) is 0. The van der Waals surface area contributed by atoms with Crippen LogP contribution >= 0.6 is 11.6 Å². The van der Waals surface area contributed by atoms with Crippen LogP contribution in [0, 0.1) is 0 Å². The molecular weight excluding hydrogens is 214 g/mol. The SMILES string of the molecule is CC(=O)N1CC(C)Oc2c(Cl)cccc21. The first-order valence-corrected chi connectivity index (χ1v) is 5.20. The van der Waals surface area contributed by atoms with Gasteiger partial charge in [0.15, 0.2) is 5.75 Å². The van der Waals surface area contributed by atoms with E-state index in [1.807, 2.05) is 19.1 Å². The summed E-state index contributed by atoms with van der Waals surface area (Å²) < 4.78 is 5.62. The van der Waals surface area contributed by atoms with Gasteiger partial charge in [-0.3, -0.25) is 4.79 Å². The third-order valence-corrected chi connectivity index (χ3v) is 2.67. The lowest BCUT2D eigenvalue weighted by Gasteiger charge is -2.33. The highest BCUT2D eigenvalue weighted by Crippen LogP contribution is 2.39. The fourth-order valence-electron chi connectivity index (χ4n) is 1.72. The number of fused-ring (bicyclic) bond motifs is 1. The number of hydrogen-bond acceptors (Lipinski definition) is 2. The zero-order valence-corrected chi connectivity index (χ0v) is 9.41. The van der Waals surface area contributed by atoms with Crippen LogP contribution < -0.4 is 9.64 Å². The lowest BCUT2D eigenvalue weighted by Crippen LogP contribution is -2.41. The highest BCUT2D eigenvalue weighted by Gasteiger charge is 2.26. The number of rotatable bonds is 0. The van der Waals surface area contributed by atoms with Gasteiger partial charge in [0.2, 0.25) is 5.91 Å². The number of ether oxygens (including phenoxy) is 1. The molecule has 80 valence electrons. The van der Waals surface area contributed by atoms with Gasteiger partial charge in [-0.1, -0.05) is 17.7 Å². The topological polar surface area (TPSA) is 29.5 Å². The van der Waals surface area contributed by atoms with E-state index in [1.165, 1.54) is 0 Å². The monoisotopic (exact) mass is 225 g/mol. The summed E-state index contributed by atoms with van der Waals surface area (Å²) in [5.74, 6) is 0.613. The molecular formula is C11H12ClNO2. The average Bonchev–Trinajstić information content (AvgIpc) is 2.18. The lowest BCUT2D eigenvalue weighted by atomic mass is 10.2. The first-order chi connectivity index (χ1) is 7.09. The number of amides is 1. The zero-order chi connectivity index (χ0) is 11.0. The van der Waals surface area contributed by atoms with Gasteiger partial charge in [0, 0.05) is 6.92 Å². The molecule has 0 aromatic heterocycles. The molecule has 15 heavy (non-hydrogen) atoms. The minimum absolute atomic E-state index is 0.00802. The van der Waals surface area contributed by atoms with Crippen LogP contribution in [0.25, 0.3) is 0 Å². The summed E-state index contributed by atoms with van der Waals surface area (Å²) in [6, 6.07) is 5.42. The maximum absolute atomic E-state index is 11.4. The molecule has 0 saturated carbocycles. The van der Waals surface area contributed by atoms with Gasteiger partial charge in [-0.25, -0.2) is 0 Å². The number of para-hydroxylation sites is 1. The number of halogens is 1. The van der Waals surface area contributed by atoms with E-state index in [-0.39, 0.29) is 12.0 Å². The molecule has 1 atom stereocenters. The maximum Gasteiger partial charge on any atom is 0.224 e. The predicted octanol–water partition coefficient (Wildman–Crippen LogP) is 2.47. The van der Waals surface area contributed by atoms with Crippen LogP contribution in [0.5, 0.6) is 5.75 Å². The smallest absolute Gasteiger partial charge is 0.224 e. The van der Waals surface area contributed by atoms with Crippen molar-refractivity contribution in [3.05, 3.63) is 23.2 Å². The van der Waals surface area contributed by atoms with Crippen LogP contribution in [-0.4, -0.2) is 18.6 Å². The first kappa shape index (κ1) is 10.3. The Bertz CT molecular complexity index is 406. The molecule has 1 heterocycles. The van der Waals surface area contributed by atoms with Gasteiger partial charge in [-0.05, 0) is 19.1 Å². The minimum Gasteiger partial charge on any atom is -0.485 e. The van der Waals surface area contributed by atoms with Crippen LogP contribution in [0.15, 0.2) is 18.2 Å². The summed E-state index contributed by atoms with van der Waals surface area (Å²) in [6.07, 6.45) is -0.0266. The summed E-state index contributed by atoms with van der Waals surface area (Å²) in [6.45, 7) is 4.04. The first-order valence-electron chi connectivity index (χ1n) is 4.83. The second-order valence-electron chi connectivity index (χ2n) is 3.65. The molecule has 1 amide bonds.